The standard InChI is InChI=1S/C13H17N3O5S/c1-10(17)15-7-5-11(6-8-15)14-22(20,21)13-4-2-3-12(9-13)16(18)19/h2-4,9,11,14H,5-8H2,1H3. The van der Waals surface area contributed by atoms with Gasteiger partial charge in [0.2, 0.25) is 15.9 Å². The van der Waals surface area contributed by atoms with E-state index in [1.54, 1.807) is 4.90 Å². The molecule has 0 spiro atoms. The van der Waals surface area contributed by atoms with Gasteiger partial charge in [0, 0.05) is 38.2 Å². The lowest BCUT2D eigenvalue weighted by Gasteiger charge is -2.31. The van der Waals surface area contributed by atoms with E-state index in [9.17, 15) is 23.3 Å². The van der Waals surface area contributed by atoms with E-state index in [2.05, 4.69) is 4.72 Å². The topological polar surface area (TPSA) is 110 Å². The van der Waals surface area contributed by atoms with Crippen LogP contribution in [0.1, 0.15) is 19.8 Å². The van der Waals surface area contributed by atoms with Crippen LogP contribution < -0.4 is 4.72 Å². The van der Waals surface area contributed by atoms with Crippen LogP contribution in [0.3, 0.4) is 0 Å². The number of hydrogen-bond donors (Lipinski definition) is 1. The highest BCUT2D eigenvalue weighted by atomic mass is 32.2. The Labute approximate surface area is 128 Å². The van der Waals surface area contributed by atoms with Crippen LogP contribution in [0.2, 0.25) is 0 Å². The first-order valence-corrected chi connectivity index (χ1v) is 8.30. The first-order valence-electron chi connectivity index (χ1n) is 6.82. The van der Waals surface area contributed by atoms with Gasteiger partial charge in [-0.15, -0.1) is 0 Å². The fourth-order valence-corrected chi connectivity index (χ4v) is 3.71. The van der Waals surface area contributed by atoms with Gasteiger partial charge in [0.25, 0.3) is 5.69 Å². The van der Waals surface area contributed by atoms with Crippen LogP contribution in [0.25, 0.3) is 0 Å². The molecule has 9 heteroatoms. The highest BCUT2D eigenvalue weighted by molar-refractivity contribution is 7.89. The summed E-state index contributed by atoms with van der Waals surface area (Å²) in [5.74, 6) is -0.0278. The fraction of sp³-hybridized carbons (Fsp3) is 0.462. The minimum absolute atomic E-state index is 0.0278. The zero-order chi connectivity index (χ0) is 16.3. The molecule has 1 heterocycles. The Balaban J connectivity index is 2.07. The predicted molar refractivity (Wildman–Crippen MR) is 78.7 cm³/mol. The van der Waals surface area contributed by atoms with Gasteiger partial charge in [-0.25, -0.2) is 13.1 Å². The minimum atomic E-state index is -3.81. The second-order valence-corrected chi connectivity index (χ2v) is 6.87. The molecule has 22 heavy (non-hydrogen) atoms. The predicted octanol–water partition coefficient (Wildman–Crippen LogP) is 0.884. The van der Waals surface area contributed by atoms with Gasteiger partial charge >= 0.3 is 0 Å². The molecule has 0 aliphatic carbocycles. The Morgan fingerprint density at radius 2 is 2.00 bits per heavy atom. The molecule has 1 aromatic rings. The van der Waals surface area contributed by atoms with Crippen LogP contribution in [-0.4, -0.2) is 43.3 Å². The van der Waals surface area contributed by atoms with Gasteiger partial charge in [0.1, 0.15) is 0 Å². The summed E-state index contributed by atoms with van der Waals surface area (Å²) in [7, 11) is -3.81. The molecule has 8 nitrogen and oxygen atoms in total. The molecule has 1 aliphatic heterocycles. The smallest absolute Gasteiger partial charge is 0.270 e. The SMILES string of the molecule is CC(=O)N1CCC(NS(=O)(=O)c2cccc([N+](=O)[O-])c2)CC1. The van der Waals surface area contributed by atoms with Crippen molar-refractivity contribution in [1.29, 1.82) is 0 Å². The molecule has 1 aromatic carbocycles. The number of carbonyl (C=O) groups is 1. The van der Waals surface area contributed by atoms with Gasteiger partial charge in [-0.2, -0.15) is 0 Å². The number of nitro groups is 1. The molecule has 0 saturated carbocycles. The zero-order valence-corrected chi connectivity index (χ0v) is 12.9. The quantitative estimate of drug-likeness (QED) is 0.652. The third-order valence-corrected chi connectivity index (χ3v) is 5.12. The fourth-order valence-electron chi connectivity index (χ4n) is 2.36. The number of amides is 1. The number of likely N-dealkylation sites (tertiary alicyclic amines) is 1. The molecule has 120 valence electrons. The van der Waals surface area contributed by atoms with Crippen molar-refractivity contribution in [1.82, 2.24) is 9.62 Å². The van der Waals surface area contributed by atoms with Crippen LogP contribution in [0, 0.1) is 10.1 Å². The molecule has 0 radical (unpaired) electrons. The summed E-state index contributed by atoms with van der Waals surface area (Å²) >= 11 is 0. The van der Waals surface area contributed by atoms with E-state index in [4.69, 9.17) is 0 Å². The maximum Gasteiger partial charge on any atom is 0.270 e. The van der Waals surface area contributed by atoms with Crippen LogP contribution in [0.5, 0.6) is 0 Å². The van der Waals surface area contributed by atoms with Gasteiger partial charge in [0.05, 0.1) is 9.82 Å². The first-order chi connectivity index (χ1) is 10.3. The van der Waals surface area contributed by atoms with E-state index in [0.29, 0.717) is 25.9 Å². The third kappa shape index (κ3) is 3.80. The molecule has 1 saturated heterocycles. The number of rotatable bonds is 4. The zero-order valence-electron chi connectivity index (χ0n) is 12.1. The van der Waals surface area contributed by atoms with E-state index in [1.165, 1.54) is 25.1 Å². The Morgan fingerprint density at radius 3 is 2.55 bits per heavy atom. The van der Waals surface area contributed by atoms with Crippen LogP contribution in [0.4, 0.5) is 5.69 Å². The lowest BCUT2D eigenvalue weighted by Crippen LogP contribution is -2.45. The summed E-state index contributed by atoms with van der Waals surface area (Å²) in [6, 6.07) is 4.66. The van der Waals surface area contributed by atoms with E-state index in [1.807, 2.05) is 0 Å². The number of non-ortho nitro benzene ring substituents is 1. The van der Waals surface area contributed by atoms with Crippen molar-refractivity contribution >= 4 is 21.6 Å². The molecular weight excluding hydrogens is 310 g/mol. The molecule has 1 amide bonds. The van der Waals surface area contributed by atoms with Crippen molar-refractivity contribution < 1.29 is 18.1 Å². The van der Waals surface area contributed by atoms with Crippen molar-refractivity contribution in [3.8, 4) is 0 Å². The highest BCUT2D eigenvalue weighted by Gasteiger charge is 2.26. The summed E-state index contributed by atoms with van der Waals surface area (Å²) in [6.45, 7) is 2.47. The normalized spacial score (nSPS) is 16.5. The number of sulfonamides is 1. The van der Waals surface area contributed by atoms with Gasteiger partial charge in [-0.1, -0.05) is 6.07 Å². The molecule has 0 atom stereocenters. The summed E-state index contributed by atoms with van der Waals surface area (Å²) < 4.78 is 27.1. The number of nitro benzene ring substituents is 1. The molecule has 0 unspecified atom stereocenters. The average Bonchev–Trinajstić information content (AvgIpc) is 2.47. The Kier molecular flexibility index (Phi) is 4.77. The lowest BCUT2D eigenvalue weighted by molar-refractivity contribution is -0.385. The number of benzene rings is 1. The molecular formula is C13H17N3O5S. The summed E-state index contributed by atoms with van der Waals surface area (Å²) in [5.41, 5.74) is -0.269. The maximum absolute atomic E-state index is 12.3. The van der Waals surface area contributed by atoms with Crippen molar-refractivity contribution in [2.75, 3.05) is 13.1 Å². The highest BCUT2D eigenvalue weighted by Crippen LogP contribution is 2.19. The summed E-state index contributed by atoms with van der Waals surface area (Å²) in [5, 5.41) is 10.7. The van der Waals surface area contributed by atoms with E-state index in [0.717, 1.165) is 6.07 Å². The van der Waals surface area contributed by atoms with Crippen LogP contribution in [0.15, 0.2) is 29.2 Å². The average molecular weight is 327 g/mol. The van der Waals surface area contributed by atoms with Crippen molar-refractivity contribution in [3.63, 3.8) is 0 Å². The maximum atomic E-state index is 12.3. The van der Waals surface area contributed by atoms with Crippen molar-refractivity contribution in [2.24, 2.45) is 0 Å². The molecule has 1 fully saturated rings. The second kappa shape index (κ2) is 6.41. The van der Waals surface area contributed by atoms with Crippen LogP contribution >= 0.6 is 0 Å². The molecule has 0 aromatic heterocycles. The number of nitrogens with one attached hydrogen (secondary N) is 1. The Hall–Kier alpha value is -2.00. The third-order valence-electron chi connectivity index (χ3n) is 3.60. The molecule has 2 rings (SSSR count). The monoisotopic (exact) mass is 327 g/mol. The van der Waals surface area contributed by atoms with Gasteiger partial charge in [0.15, 0.2) is 0 Å². The van der Waals surface area contributed by atoms with Gasteiger partial charge in [-0.3, -0.25) is 14.9 Å². The first kappa shape index (κ1) is 16.4. The minimum Gasteiger partial charge on any atom is -0.343 e. The van der Waals surface area contributed by atoms with E-state index >= 15 is 0 Å². The number of piperidine rings is 1. The summed E-state index contributed by atoms with van der Waals surface area (Å²) in [4.78, 5) is 22.9. The van der Waals surface area contributed by atoms with E-state index < -0.39 is 14.9 Å². The largest absolute Gasteiger partial charge is 0.343 e. The Morgan fingerprint density at radius 1 is 1.36 bits per heavy atom. The van der Waals surface area contributed by atoms with Crippen LogP contribution in [-0.2, 0) is 14.8 Å². The molecule has 0 bridgehead atoms. The number of nitrogens with zero attached hydrogens (tertiary/aromatic N) is 2. The Bertz CT molecular complexity index is 681. The van der Waals surface area contributed by atoms with Gasteiger partial charge < -0.3 is 4.90 Å². The lowest BCUT2D eigenvalue weighted by atomic mass is 10.1. The molecule has 1 aliphatic rings. The second-order valence-electron chi connectivity index (χ2n) is 5.16. The number of hydrogen-bond acceptors (Lipinski definition) is 5. The number of carbonyl (C=O) groups excluding carboxylic acids is 1. The van der Waals surface area contributed by atoms with E-state index in [-0.39, 0.29) is 22.5 Å². The van der Waals surface area contributed by atoms with Crippen molar-refractivity contribution in [2.45, 2.75) is 30.7 Å². The van der Waals surface area contributed by atoms with Crippen molar-refractivity contribution in [3.05, 3.63) is 34.4 Å². The molecule has 1 N–H and O–H groups in total. The van der Waals surface area contributed by atoms with Gasteiger partial charge in [-0.05, 0) is 18.9 Å². The summed E-state index contributed by atoms with van der Waals surface area (Å²) in [6.07, 6.45) is 1.04.